The van der Waals surface area contributed by atoms with Crippen molar-refractivity contribution in [3.63, 3.8) is 0 Å². The molecule has 68 heavy (non-hydrogen) atoms. The predicted octanol–water partition coefficient (Wildman–Crippen LogP) is 7.43. The average Bonchev–Trinajstić information content (AvgIpc) is 3.75. The van der Waals surface area contributed by atoms with E-state index in [1.165, 1.54) is 32.3 Å². The van der Waals surface area contributed by atoms with Gasteiger partial charge in [-0.1, -0.05) is 11.2 Å². The van der Waals surface area contributed by atoms with Crippen molar-refractivity contribution in [2.75, 3.05) is 13.2 Å². The van der Waals surface area contributed by atoms with Crippen molar-refractivity contribution in [1.82, 2.24) is 48.3 Å². The van der Waals surface area contributed by atoms with Crippen molar-refractivity contribution in [2.45, 2.75) is 116 Å². The van der Waals surface area contributed by atoms with Crippen LogP contribution in [0.25, 0.3) is 39.0 Å². The Labute approximate surface area is 388 Å². The lowest BCUT2D eigenvalue weighted by Crippen LogP contribution is -2.41. The number of ether oxygens (including phenoxy) is 1. The highest BCUT2D eigenvalue weighted by molar-refractivity contribution is 6.00. The number of nitrogens with one attached hydrogen (secondary N) is 1. The van der Waals surface area contributed by atoms with Crippen molar-refractivity contribution in [2.24, 2.45) is 0 Å². The Bertz CT molecular complexity index is 3460. The molecule has 18 heteroatoms. The molecule has 0 radical (unpaired) electrons. The highest BCUT2D eigenvalue weighted by Crippen LogP contribution is 2.51. The van der Waals surface area contributed by atoms with Crippen LogP contribution in [0.15, 0.2) is 81.2 Å². The van der Waals surface area contributed by atoms with Crippen LogP contribution < -0.4 is 11.4 Å². The smallest absolute Gasteiger partial charge is 0.389 e. The second kappa shape index (κ2) is 15.3. The van der Waals surface area contributed by atoms with Crippen LogP contribution in [-0.2, 0) is 23.2 Å². The first-order valence-electron chi connectivity index (χ1n) is 23.1. The van der Waals surface area contributed by atoms with Crippen LogP contribution in [0, 0.1) is 25.5 Å². The van der Waals surface area contributed by atoms with E-state index >= 15 is 13.6 Å². The summed E-state index contributed by atoms with van der Waals surface area (Å²) in [7, 11) is 0. The van der Waals surface area contributed by atoms with Crippen molar-refractivity contribution in [3.8, 4) is 17.2 Å². The number of aromatic amines is 1. The molecule has 1 aliphatic carbocycles. The molecule has 1 amide bonds. The molecule has 8 aromatic rings. The van der Waals surface area contributed by atoms with Gasteiger partial charge in [-0.15, -0.1) is 0 Å². The molecule has 0 spiro atoms. The second-order valence-electron chi connectivity index (χ2n) is 20.1. The highest BCUT2D eigenvalue weighted by Gasteiger charge is 2.52. The molecule has 352 valence electrons. The summed E-state index contributed by atoms with van der Waals surface area (Å²) < 4.78 is 50.4. The molecule has 0 unspecified atom stereocenters. The minimum Gasteiger partial charge on any atom is -0.389 e. The first-order chi connectivity index (χ1) is 32.3. The van der Waals surface area contributed by atoms with Crippen LogP contribution in [0.3, 0.4) is 0 Å². The molecule has 2 fully saturated rings. The first-order valence-corrected chi connectivity index (χ1v) is 23.1. The lowest BCUT2D eigenvalue weighted by atomic mass is 9.83. The van der Waals surface area contributed by atoms with Crippen LogP contribution in [0.4, 0.5) is 8.78 Å². The number of nitrogens with zero attached hydrogens (tertiary/aromatic N) is 9. The van der Waals surface area contributed by atoms with Gasteiger partial charge >= 0.3 is 11.4 Å². The van der Waals surface area contributed by atoms with Gasteiger partial charge in [0.2, 0.25) is 0 Å². The minimum atomic E-state index is -1.10. The van der Waals surface area contributed by atoms with Crippen LogP contribution in [-0.4, -0.2) is 83.7 Å². The molecule has 7 heterocycles. The molecule has 0 bridgehead atoms. The van der Waals surface area contributed by atoms with Crippen LogP contribution in [0.5, 0.6) is 0 Å². The van der Waals surface area contributed by atoms with Crippen LogP contribution >= 0.6 is 0 Å². The molecule has 2 atom stereocenters. The molecule has 5 aromatic heterocycles. The van der Waals surface area contributed by atoms with E-state index in [1.54, 1.807) is 61.7 Å². The number of amides is 1. The molecule has 3 aliphatic rings. The predicted molar refractivity (Wildman–Crippen MR) is 248 cm³/mol. The number of aromatic nitrogens is 9. The fourth-order valence-electron chi connectivity index (χ4n) is 10.8. The minimum absolute atomic E-state index is 0.0127. The Morgan fingerprint density at radius 3 is 2.41 bits per heavy atom. The zero-order valence-corrected chi connectivity index (χ0v) is 38.9. The van der Waals surface area contributed by atoms with Crippen molar-refractivity contribution in [1.29, 1.82) is 0 Å². The van der Waals surface area contributed by atoms with Crippen molar-refractivity contribution >= 4 is 27.7 Å². The van der Waals surface area contributed by atoms with Gasteiger partial charge in [0.1, 0.15) is 22.9 Å². The molecular weight excluding hydrogens is 875 g/mol. The Kier molecular flexibility index (Phi) is 9.82. The zero-order chi connectivity index (χ0) is 47.8. The Morgan fingerprint density at radius 2 is 1.72 bits per heavy atom. The summed E-state index contributed by atoms with van der Waals surface area (Å²) in [5, 5.41) is 25.0. The van der Waals surface area contributed by atoms with E-state index in [0.717, 1.165) is 29.3 Å². The lowest BCUT2D eigenvalue weighted by Gasteiger charge is -2.35. The normalized spacial score (nSPS) is 19.0. The number of hydrogen-bond donors (Lipinski definition) is 2. The highest BCUT2D eigenvalue weighted by atomic mass is 19.1. The summed E-state index contributed by atoms with van der Waals surface area (Å²) in [5.41, 5.74) is 2.51. The van der Waals surface area contributed by atoms with Crippen molar-refractivity contribution < 1.29 is 27.9 Å². The molecule has 2 N–H and O–H groups in total. The molecule has 1 saturated carbocycles. The number of aliphatic hydroxyl groups is 1. The fourth-order valence-corrected chi connectivity index (χ4v) is 10.8. The number of hydrogen-bond acceptors (Lipinski definition) is 9. The monoisotopic (exact) mass is 926 g/mol. The molecule has 1 saturated heterocycles. The maximum Gasteiger partial charge on any atom is 0.438 e. The third kappa shape index (κ3) is 6.97. The van der Waals surface area contributed by atoms with E-state index in [4.69, 9.17) is 14.4 Å². The Hall–Kier alpha value is -6.92. The summed E-state index contributed by atoms with van der Waals surface area (Å²) in [6, 6.07) is 14.1. The molecule has 2 aliphatic heterocycles. The maximum absolute atomic E-state index is 16.5. The van der Waals surface area contributed by atoms with Gasteiger partial charge < -0.3 is 19.3 Å². The SMILES string of the molecule is Cc1cc(-n2nc3c(c2-n2ccn(-c4ccc5c(cnn5CC(C)(C)O)c4F)c2=O)[C@H](C)N(C(=O)c2cc4cc([C@H]5CCOC(C)(C)C5)ccc4n2C2(c4noc(=O)[nH]4)CC2)CC3)cc(C)c1F. The van der Waals surface area contributed by atoms with Crippen molar-refractivity contribution in [3.05, 3.63) is 139 Å². The Balaban J connectivity index is 1.04. The van der Waals surface area contributed by atoms with Gasteiger partial charge in [0.05, 0.1) is 58.0 Å². The quantitative estimate of drug-likeness (QED) is 0.149. The summed E-state index contributed by atoms with van der Waals surface area (Å²) in [5.74, 6) is -1.06. The molecular formula is C50H52F2N10O6. The summed E-state index contributed by atoms with van der Waals surface area (Å²) in [4.78, 5) is 47.2. The number of halogens is 2. The number of rotatable bonds is 9. The van der Waals surface area contributed by atoms with Gasteiger partial charge in [0, 0.05) is 48.4 Å². The standard InChI is InChI=1S/C50H52F2N10O6/c1-27-20-33(21-28(2)41(27)51)62-43(59-18-17-58(47(59)65)38-11-10-37-34(42(38)52)25-53-60(37)26-48(4,5)66)40-29(3)57(16-12-35(40)55-62)44(63)39-23-32-22-30(31-13-19-67-49(6,7)24-31)8-9-36(32)61(39)50(14-15-50)45-54-46(64)68-56-45/h8-11,17-18,20-23,25,29,31,66H,12-16,19,24,26H2,1-7H3,(H,54,56,64)/t29-,31-/m0/s1. The van der Waals surface area contributed by atoms with Gasteiger partial charge in [-0.25, -0.2) is 23.1 Å². The summed E-state index contributed by atoms with van der Waals surface area (Å²) in [6.07, 6.45) is 7.66. The van der Waals surface area contributed by atoms with E-state index in [9.17, 15) is 14.7 Å². The zero-order valence-electron chi connectivity index (χ0n) is 38.9. The number of carbonyl (C=O) groups excluding carboxylic acids is 1. The van der Waals surface area contributed by atoms with Gasteiger partial charge in [-0.2, -0.15) is 10.2 Å². The van der Waals surface area contributed by atoms with E-state index in [0.29, 0.717) is 76.8 Å². The Morgan fingerprint density at radius 1 is 0.985 bits per heavy atom. The van der Waals surface area contributed by atoms with Gasteiger partial charge in [0.15, 0.2) is 11.6 Å². The van der Waals surface area contributed by atoms with Gasteiger partial charge in [0.25, 0.3) is 5.91 Å². The van der Waals surface area contributed by atoms with Crippen LogP contribution in [0.2, 0.25) is 0 Å². The van der Waals surface area contributed by atoms with E-state index in [2.05, 4.69) is 41.2 Å². The number of fused-ring (bicyclic) bond motifs is 3. The summed E-state index contributed by atoms with van der Waals surface area (Å²) in [6.45, 7) is 13.8. The third-order valence-electron chi connectivity index (χ3n) is 14.2. The van der Waals surface area contributed by atoms with E-state index in [1.807, 2.05) is 23.6 Å². The molecule has 3 aromatic carbocycles. The second-order valence-corrected chi connectivity index (χ2v) is 20.1. The summed E-state index contributed by atoms with van der Waals surface area (Å²) >= 11 is 0. The molecule has 16 nitrogen and oxygen atoms in total. The van der Waals surface area contributed by atoms with Gasteiger partial charge in [-0.3, -0.25) is 28.1 Å². The van der Waals surface area contributed by atoms with Crippen LogP contribution in [0.1, 0.15) is 117 Å². The third-order valence-corrected chi connectivity index (χ3v) is 14.2. The fraction of sp³-hybridized carbons (Fsp3) is 0.400. The van der Waals surface area contributed by atoms with Gasteiger partial charge in [-0.05, 0) is 139 Å². The number of carbonyl (C=O) groups is 1. The topological polar surface area (TPSA) is 176 Å². The van der Waals surface area contributed by atoms with E-state index in [-0.39, 0.29) is 47.4 Å². The number of aryl methyl sites for hydroxylation is 2. The lowest BCUT2D eigenvalue weighted by molar-refractivity contribution is -0.0592. The molecule has 11 rings (SSSR count). The first kappa shape index (κ1) is 43.6. The average molecular weight is 927 g/mol. The number of H-pyrrole nitrogens is 1. The number of imidazole rings is 1. The number of benzene rings is 3. The van der Waals surface area contributed by atoms with E-state index < -0.39 is 34.4 Å². The maximum atomic E-state index is 16.5. The largest absolute Gasteiger partial charge is 0.438 e.